The summed E-state index contributed by atoms with van der Waals surface area (Å²) in [5.74, 6) is -0.264. The molecule has 45 heavy (non-hydrogen) atoms. The number of nitrogens with zero attached hydrogens (tertiary/aromatic N) is 2. The van der Waals surface area contributed by atoms with Crippen molar-refractivity contribution in [1.29, 1.82) is 0 Å². The van der Waals surface area contributed by atoms with Gasteiger partial charge in [-0.25, -0.2) is 14.6 Å². The highest BCUT2D eigenvalue weighted by molar-refractivity contribution is 9.10. The summed E-state index contributed by atoms with van der Waals surface area (Å²) in [5.41, 5.74) is 3.13. The Kier molecular flexibility index (Phi) is 9.99. The summed E-state index contributed by atoms with van der Waals surface area (Å²) in [6, 6.07) is 18.6. The summed E-state index contributed by atoms with van der Waals surface area (Å²) >= 11 is 4.81. The molecular formula is C34H31BrN2O7S. The number of carboxylic acid groups (broad SMARTS) is 1. The van der Waals surface area contributed by atoms with Crippen LogP contribution in [0, 0.1) is 0 Å². The van der Waals surface area contributed by atoms with Crippen LogP contribution >= 0.6 is 27.3 Å². The van der Waals surface area contributed by atoms with Crippen LogP contribution in [0.5, 0.6) is 11.5 Å². The molecule has 3 aromatic carbocycles. The van der Waals surface area contributed by atoms with Gasteiger partial charge in [0.1, 0.15) is 18.1 Å². The highest BCUT2D eigenvalue weighted by atomic mass is 79.9. The molecule has 0 amide bonds. The Morgan fingerprint density at radius 1 is 1.09 bits per heavy atom. The molecule has 4 aromatic rings. The van der Waals surface area contributed by atoms with E-state index in [0.29, 0.717) is 43.0 Å². The van der Waals surface area contributed by atoms with Gasteiger partial charge in [0.05, 0.1) is 45.6 Å². The van der Waals surface area contributed by atoms with Crippen LogP contribution in [0.2, 0.25) is 0 Å². The summed E-state index contributed by atoms with van der Waals surface area (Å²) in [4.78, 5) is 43.9. The van der Waals surface area contributed by atoms with Gasteiger partial charge in [0.2, 0.25) is 0 Å². The van der Waals surface area contributed by atoms with Gasteiger partial charge in [-0.1, -0.05) is 55.0 Å². The molecule has 0 unspecified atom stereocenters. The molecule has 1 aromatic heterocycles. The van der Waals surface area contributed by atoms with E-state index in [4.69, 9.17) is 19.2 Å². The fourth-order valence-electron chi connectivity index (χ4n) is 5.06. The predicted molar refractivity (Wildman–Crippen MR) is 175 cm³/mol. The quantitative estimate of drug-likeness (QED) is 0.203. The third-order valence-corrected chi connectivity index (χ3v) is 8.74. The number of fused-ring (bicyclic) bond motifs is 1. The molecule has 5 rings (SSSR count). The number of esters is 1. The van der Waals surface area contributed by atoms with Crippen molar-refractivity contribution < 1.29 is 28.9 Å². The Labute approximate surface area is 271 Å². The van der Waals surface area contributed by atoms with Gasteiger partial charge < -0.3 is 19.3 Å². The van der Waals surface area contributed by atoms with Crippen LogP contribution in [0.3, 0.4) is 0 Å². The molecule has 0 bridgehead atoms. The van der Waals surface area contributed by atoms with Crippen molar-refractivity contribution in [3.8, 4) is 11.5 Å². The van der Waals surface area contributed by atoms with Crippen molar-refractivity contribution >= 4 is 45.3 Å². The lowest BCUT2D eigenvalue weighted by Crippen LogP contribution is -2.40. The number of rotatable bonds is 11. The molecule has 11 heteroatoms. The third kappa shape index (κ3) is 6.94. The maximum absolute atomic E-state index is 14.0. The topological polar surface area (TPSA) is 116 Å². The Balaban J connectivity index is 1.52. The molecule has 1 aliphatic heterocycles. The number of hydrogen-bond acceptors (Lipinski definition) is 8. The number of benzene rings is 3. The molecule has 1 aliphatic rings. The van der Waals surface area contributed by atoms with Gasteiger partial charge in [-0.05, 0) is 88.4 Å². The van der Waals surface area contributed by atoms with E-state index in [1.54, 1.807) is 61.1 Å². The number of aromatic nitrogens is 1. The smallest absolute Gasteiger partial charge is 0.338 e. The highest BCUT2D eigenvalue weighted by Crippen LogP contribution is 2.36. The molecule has 232 valence electrons. The van der Waals surface area contributed by atoms with Crippen molar-refractivity contribution in [3.63, 3.8) is 0 Å². The van der Waals surface area contributed by atoms with E-state index < -0.39 is 18.0 Å². The summed E-state index contributed by atoms with van der Waals surface area (Å²) < 4.78 is 19.5. The molecule has 0 saturated carbocycles. The monoisotopic (exact) mass is 690 g/mol. The second-order valence-corrected chi connectivity index (χ2v) is 12.0. The molecule has 1 atom stereocenters. The van der Waals surface area contributed by atoms with Gasteiger partial charge >= 0.3 is 11.9 Å². The van der Waals surface area contributed by atoms with Crippen molar-refractivity contribution in [1.82, 2.24) is 4.57 Å². The van der Waals surface area contributed by atoms with Crippen LogP contribution in [0.25, 0.3) is 6.08 Å². The largest absolute Gasteiger partial charge is 0.496 e. The Hall–Kier alpha value is -4.48. The number of aromatic carboxylic acids is 1. The highest BCUT2D eigenvalue weighted by Gasteiger charge is 2.34. The molecule has 0 fully saturated rings. The van der Waals surface area contributed by atoms with Gasteiger partial charge in [-0.2, -0.15) is 0 Å². The number of carbonyl (C=O) groups excluding carboxylic acids is 1. The molecule has 0 aliphatic carbocycles. The zero-order chi connectivity index (χ0) is 32.1. The first-order valence-electron chi connectivity index (χ1n) is 14.3. The van der Waals surface area contributed by atoms with Crippen LogP contribution in [0.1, 0.15) is 59.8 Å². The maximum Gasteiger partial charge on any atom is 0.338 e. The second-order valence-electron chi connectivity index (χ2n) is 10.2. The second kappa shape index (κ2) is 14.1. The van der Waals surface area contributed by atoms with Crippen molar-refractivity contribution in [2.45, 2.75) is 39.3 Å². The Morgan fingerprint density at radius 3 is 2.53 bits per heavy atom. The molecule has 0 spiro atoms. The normalized spacial score (nSPS) is 14.5. The van der Waals surface area contributed by atoms with Crippen LogP contribution in [-0.4, -0.2) is 35.3 Å². The van der Waals surface area contributed by atoms with E-state index in [0.717, 1.165) is 23.1 Å². The van der Waals surface area contributed by atoms with E-state index >= 15 is 0 Å². The van der Waals surface area contributed by atoms with E-state index in [2.05, 4.69) is 15.9 Å². The van der Waals surface area contributed by atoms with Gasteiger partial charge in [-0.15, -0.1) is 0 Å². The number of thiazole rings is 1. The number of allylic oxidation sites excluding steroid dienone is 1. The zero-order valence-electron chi connectivity index (χ0n) is 24.9. The van der Waals surface area contributed by atoms with Crippen molar-refractivity contribution in [2.24, 2.45) is 4.99 Å². The van der Waals surface area contributed by atoms with Crippen molar-refractivity contribution in [3.05, 3.63) is 124 Å². The first-order chi connectivity index (χ1) is 21.7. The van der Waals surface area contributed by atoms with Crippen LogP contribution in [0.15, 0.2) is 92.3 Å². The summed E-state index contributed by atoms with van der Waals surface area (Å²) in [6.45, 7) is 4.17. The van der Waals surface area contributed by atoms with E-state index in [1.165, 1.54) is 17.4 Å². The number of methoxy groups -OCH3 is 1. The van der Waals surface area contributed by atoms with Gasteiger partial charge in [0, 0.05) is 0 Å². The van der Waals surface area contributed by atoms with Crippen molar-refractivity contribution in [2.75, 3.05) is 13.7 Å². The molecule has 1 N–H and O–H groups in total. The molecule has 2 heterocycles. The number of hydrogen-bond donors (Lipinski definition) is 1. The average molecular weight is 692 g/mol. The number of carboxylic acids is 1. The lowest BCUT2D eigenvalue weighted by molar-refractivity contribution is -0.139. The molecule has 0 radical (unpaired) electrons. The van der Waals surface area contributed by atoms with Crippen LogP contribution < -0.4 is 24.4 Å². The summed E-state index contributed by atoms with van der Waals surface area (Å²) in [5, 5.41) is 9.22. The average Bonchev–Trinajstić information content (AvgIpc) is 3.34. The lowest BCUT2D eigenvalue weighted by Gasteiger charge is -2.26. The van der Waals surface area contributed by atoms with E-state index in [1.807, 2.05) is 31.2 Å². The maximum atomic E-state index is 14.0. The molecular weight excluding hydrogens is 660 g/mol. The minimum absolute atomic E-state index is 0.194. The third-order valence-electron chi connectivity index (χ3n) is 7.14. The number of carbonyl (C=O) groups is 2. The fourth-order valence-corrected chi connectivity index (χ4v) is 6.64. The standard InChI is InChI=1S/C34H31BrN2O7S/c1-4-7-26-29(33(41)43-5-2)30(22-12-15-27(42-3)25(35)18-22)37-31(38)28(45-34(37)36-26)17-20-10-13-24(14-11-20)44-19-21-8-6-9-23(16-21)32(39)40/h6,8-18,30H,4-5,7,19H2,1-3H3,(H,39,40)/b28-17-/t30-/m1/s1. The van der Waals surface area contributed by atoms with Gasteiger partial charge in [0.15, 0.2) is 4.80 Å². The summed E-state index contributed by atoms with van der Waals surface area (Å²) in [7, 11) is 1.57. The van der Waals surface area contributed by atoms with E-state index in [9.17, 15) is 19.5 Å². The van der Waals surface area contributed by atoms with Crippen LogP contribution in [0.4, 0.5) is 0 Å². The minimum Gasteiger partial charge on any atom is -0.496 e. The summed E-state index contributed by atoms with van der Waals surface area (Å²) in [6.07, 6.45) is 3.10. The molecule has 9 nitrogen and oxygen atoms in total. The zero-order valence-corrected chi connectivity index (χ0v) is 27.3. The first-order valence-corrected chi connectivity index (χ1v) is 16.0. The van der Waals surface area contributed by atoms with Gasteiger partial charge in [-0.3, -0.25) is 9.36 Å². The number of halogens is 1. The van der Waals surface area contributed by atoms with Crippen LogP contribution in [-0.2, 0) is 16.1 Å². The fraction of sp³-hybridized carbons (Fsp3) is 0.235. The minimum atomic E-state index is -0.992. The SMILES string of the molecule is CCCC1=C(C(=O)OCC)[C@@H](c2ccc(OC)c(Br)c2)n2c(s/c(=C\c3ccc(OCc4cccc(C(=O)O)c4)cc3)c2=O)=N1. The number of ether oxygens (including phenoxy) is 3. The first kappa shape index (κ1) is 31.9. The van der Waals surface area contributed by atoms with E-state index in [-0.39, 0.29) is 24.3 Å². The van der Waals surface area contributed by atoms with Gasteiger partial charge in [0.25, 0.3) is 5.56 Å². The Bertz CT molecular complexity index is 1960. The molecule has 0 saturated heterocycles. The lowest BCUT2D eigenvalue weighted by atomic mass is 9.94. The predicted octanol–water partition coefficient (Wildman–Crippen LogP) is 5.63. The Morgan fingerprint density at radius 2 is 1.87 bits per heavy atom.